The highest BCUT2D eigenvalue weighted by Crippen LogP contribution is 2.14. The lowest BCUT2D eigenvalue weighted by molar-refractivity contribution is 0.0953. The van der Waals surface area contributed by atoms with E-state index >= 15 is 0 Å². The van der Waals surface area contributed by atoms with Gasteiger partial charge in [0.25, 0.3) is 5.91 Å². The molecule has 2 heteroatoms. The number of hydrogen-bond donors (Lipinski definition) is 1. The molecule has 0 heterocycles. The van der Waals surface area contributed by atoms with E-state index in [-0.39, 0.29) is 5.91 Å². The number of carbonyl (C=O) groups is 1. The second-order valence-electron chi connectivity index (χ2n) is 6.51. The van der Waals surface area contributed by atoms with Crippen molar-refractivity contribution in [2.45, 2.75) is 78.1 Å². The third-order valence-corrected chi connectivity index (χ3v) is 4.16. The number of rotatable bonds is 11. The van der Waals surface area contributed by atoms with Gasteiger partial charge >= 0.3 is 0 Å². The van der Waals surface area contributed by atoms with Crippen molar-refractivity contribution >= 4 is 5.91 Å². The molecule has 0 saturated carbocycles. The predicted molar refractivity (Wildman–Crippen MR) is 95.5 cm³/mol. The quantitative estimate of drug-likeness (QED) is 0.523. The number of benzene rings is 1. The lowest BCUT2D eigenvalue weighted by atomic mass is 10.0. The van der Waals surface area contributed by atoms with E-state index in [1.165, 1.54) is 50.5 Å². The molecule has 0 aliphatic rings. The first-order valence-electron chi connectivity index (χ1n) is 9.03. The summed E-state index contributed by atoms with van der Waals surface area (Å²) in [7, 11) is 0. The first-order valence-corrected chi connectivity index (χ1v) is 9.03. The summed E-state index contributed by atoms with van der Waals surface area (Å²) < 4.78 is 0. The number of hydrogen-bond acceptors (Lipinski definition) is 1. The van der Waals surface area contributed by atoms with Gasteiger partial charge in [-0.3, -0.25) is 4.79 Å². The molecule has 0 bridgehead atoms. The molecule has 2 nitrogen and oxygen atoms in total. The molecule has 1 aromatic rings. The maximum atomic E-state index is 12.0. The molecule has 1 amide bonds. The number of amides is 1. The van der Waals surface area contributed by atoms with Crippen molar-refractivity contribution in [1.29, 1.82) is 0 Å². The minimum atomic E-state index is 0.0539. The van der Waals surface area contributed by atoms with Gasteiger partial charge in [-0.15, -0.1) is 0 Å². The molecule has 0 unspecified atom stereocenters. The summed E-state index contributed by atoms with van der Waals surface area (Å²) in [6.07, 6.45) is 10.4. The normalized spacial score (nSPS) is 10.9. The van der Waals surface area contributed by atoms with Gasteiger partial charge in [-0.05, 0) is 30.0 Å². The first kappa shape index (κ1) is 18.7. The molecule has 1 N–H and O–H groups in total. The third kappa shape index (κ3) is 7.63. The van der Waals surface area contributed by atoms with Crippen LogP contribution in [0.25, 0.3) is 0 Å². The van der Waals surface area contributed by atoms with Crippen LogP contribution < -0.4 is 5.32 Å². The molecule has 0 radical (unpaired) electrons. The van der Waals surface area contributed by atoms with Gasteiger partial charge in [-0.1, -0.05) is 77.8 Å². The summed E-state index contributed by atoms with van der Waals surface area (Å²) in [5.74, 6) is 0.563. The summed E-state index contributed by atoms with van der Waals surface area (Å²) in [6.45, 7) is 7.37. The third-order valence-electron chi connectivity index (χ3n) is 4.16. The van der Waals surface area contributed by atoms with E-state index in [4.69, 9.17) is 0 Å². The molecular formula is C20H33NO. The first-order chi connectivity index (χ1) is 10.6. The Morgan fingerprint density at radius 1 is 0.909 bits per heavy atom. The van der Waals surface area contributed by atoms with E-state index < -0.39 is 0 Å². The standard InChI is InChI=1S/C20H33NO/c1-4-5-6-7-8-9-10-11-16-21-20(22)19-14-12-18(13-15-19)17(2)3/h12-15,17H,4-11,16H2,1-3H3,(H,21,22). The number of nitrogens with one attached hydrogen (secondary N) is 1. The monoisotopic (exact) mass is 303 g/mol. The molecule has 124 valence electrons. The predicted octanol–water partition coefficient (Wildman–Crippen LogP) is 5.68. The Kier molecular flexibility index (Phi) is 9.61. The molecule has 1 aromatic carbocycles. The van der Waals surface area contributed by atoms with Crippen LogP contribution in [0.1, 0.15) is 94.0 Å². The average molecular weight is 303 g/mol. The Morgan fingerprint density at radius 3 is 2.00 bits per heavy atom. The minimum Gasteiger partial charge on any atom is -0.352 e. The van der Waals surface area contributed by atoms with Crippen molar-refractivity contribution in [3.05, 3.63) is 35.4 Å². The molecule has 0 fully saturated rings. The fraction of sp³-hybridized carbons (Fsp3) is 0.650. The van der Waals surface area contributed by atoms with E-state index in [0.717, 1.165) is 18.5 Å². The number of carbonyl (C=O) groups excluding carboxylic acids is 1. The summed E-state index contributed by atoms with van der Waals surface area (Å²) in [4.78, 5) is 12.0. The highest BCUT2D eigenvalue weighted by molar-refractivity contribution is 5.94. The summed E-state index contributed by atoms with van der Waals surface area (Å²) in [6, 6.07) is 7.96. The number of unbranched alkanes of at least 4 members (excludes halogenated alkanes) is 7. The van der Waals surface area contributed by atoms with Crippen LogP contribution in [0.2, 0.25) is 0 Å². The lowest BCUT2D eigenvalue weighted by Crippen LogP contribution is -2.24. The Balaban J connectivity index is 2.10. The van der Waals surface area contributed by atoms with Gasteiger partial charge < -0.3 is 5.32 Å². The largest absolute Gasteiger partial charge is 0.352 e. The van der Waals surface area contributed by atoms with E-state index in [2.05, 4.69) is 38.2 Å². The van der Waals surface area contributed by atoms with Gasteiger partial charge in [-0.25, -0.2) is 0 Å². The van der Waals surface area contributed by atoms with Crippen LogP contribution in [0.15, 0.2) is 24.3 Å². The molecule has 1 rings (SSSR count). The van der Waals surface area contributed by atoms with Crippen LogP contribution in [0.4, 0.5) is 0 Å². The minimum absolute atomic E-state index is 0.0539. The second kappa shape index (κ2) is 11.3. The van der Waals surface area contributed by atoms with Gasteiger partial charge in [0.15, 0.2) is 0 Å². The molecule has 0 aromatic heterocycles. The van der Waals surface area contributed by atoms with Crippen LogP contribution in [-0.2, 0) is 0 Å². The summed E-state index contributed by atoms with van der Waals surface area (Å²) in [5.41, 5.74) is 2.04. The maximum Gasteiger partial charge on any atom is 0.251 e. The fourth-order valence-corrected chi connectivity index (χ4v) is 2.58. The average Bonchev–Trinajstić information content (AvgIpc) is 2.53. The van der Waals surface area contributed by atoms with Crippen LogP contribution in [0.5, 0.6) is 0 Å². The zero-order valence-electron chi connectivity index (χ0n) is 14.7. The molecular weight excluding hydrogens is 270 g/mol. The van der Waals surface area contributed by atoms with E-state index in [1.54, 1.807) is 0 Å². The van der Waals surface area contributed by atoms with Crippen molar-refractivity contribution in [2.75, 3.05) is 6.54 Å². The van der Waals surface area contributed by atoms with Gasteiger partial charge in [0.2, 0.25) is 0 Å². The maximum absolute atomic E-state index is 12.0. The van der Waals surface area contributed by atoms with E-state index in [1.807, 2.05) is 12.1 Å². The van der Waals surface area contributed by atoms with Crippen molar-refractivity contribution in [3.8, 4) is 0 Å². The highest BCUT2D eigenvalue weighted by Gasteiger charge is 2.05. The van der Waals surface area contributed by atoms with E-state index in [0.29, 0.717) is 5.92 Å². The van der Waals surface area contributed by atoms with Crippen molar-refractivity contribution in [1.82, 2.24) is 5.32 Å². The van der Waals surface area contributed by atoms with Gasteiger partial charge in [-0.2, -0.15) is 0 Å². The van der Waals surface area contributed by atoms with E-state index in [9.17, 15) is 4.79 Å². The Hall–Kier alpha value is -1.31. The SMILES string of the molecule is CCCCCCCCCCNC(=O)c1ccc(C(C)C)cc1. The van der Waals surface area contributed by atoms with Crippen molar-refractivity contribution in [3.63, 3.8) is 0 Å². The molecule has 0 aliphatic heterocycles. The molecule has 0 aliphatic carbocycles. The van der Waals surface area contributed by atoms with Gasteiger partial charge in [0.05, 0.1) is 0 Å². The van der Waals surface area contributed by atoms with Crippen molar-refractivity contribution < 1.29 is 4.79 Å². The van der Waals surface area contributed by atoms with Crippen LogP contribution in [0, 0.1) is 0 Å². The lowest BCUT2D eigenvalue weighted by Gasteiger charge is -2.08. The molecule has 0 saturated heterocycles. The zero-order chi connectivity index (χ0) is 16.2. The molecule has 0 spiro atoms. The summed E-state index contributed by atoms with van der Waals surface area (Å²) in [5, 5.41) is 3.02. The smallest absolute Gasteiger partial charge is 0.251 e. The van der Waals surface area contributed by atoms with Crippen molar-refractivity contribution in [2.24, 2.45) is 0 Å². The Morgan fingerprint density at radius 2 is 1.45 bits per heavy atom. The highest BCUT2D eigenvalue weighted by atomic mass is 16.1. The van der Waals surface area contributed by atoms with Crippen LogP contribution in [0.3, 0.4) is 0 Å². The molecule has 0 atom stereocenters. The Bertz CT molecular complexity index is 408. The fourth-order valence-electron chi connectivity index (χ4n) is 2.58. The summed E-state index contributed by atoms with van der Waals surface area (Å²) >= 11 is 0. The van der Waals surface area contributed by atoms with Crippen LogP contribution in [-0.4, -0.2) is 12.5 Å². The van der Waals surface area contributed by atoms with Gasteiger partial charge in [0.1, 0.15) is 0 Å². The topological polar surface area (TPSA) is 29.1 Å². The zero-order valence-corrected chi connectivity index (χ0v) is 14.7. The van der Waals surface area contributed by atoms with Gasteiger partial charge in [0, 0.05) is 12.1 Å². The molecule has 22 heavy (non-hydrogen) atoms. The second-order valence-corrected chi connectivity index (χ2v) is 6.51. The Labute approximate surface area is 136 Å². The van der Waals surface area contributed by atoms with Crippen LogP contribution >= 0.6 is 0 Å².